The summed E-state index contributed by atoms with van der Waals surface area (Å²) in [6, 6.07) is 0. The van der Waals surface area contributed by atoms with Crippen molar-refractivity contribution in [1.82, 2.24) is 19.1 Å². The third-order valence-electron chi connectivity index (χ3n) is 2.75. The highest BCUT2D eigenvalue weighted by Gasteiger charge is 2.08. The van der Waals surface area contributed by atoms with E-state index in [0.717, 1.165) is 11.8 Å². The summed E-state index contributed by atoms with van der Waals surface area (Å²) in [5.74, 6) is 0. The Balaban J connectivity index is 0.000000475. The fourth-order valence-electron chi connectivity index (χ4n) is 1.64. The summed E-state index contributed by atoms with van der Waals surface area (Å²) in [7, 11) is 0. The molecule has 2 aromatic rings. The van der Waals surface area contributed by atoms with E-state index in [1.54, 1.807) is 6.92 Å². The van der Waals surface area contributed by atoms with Gasteiger partial charge in [0.1, 0.15) is 10.3 Å². The molecule has 0 amide bonds. The van der Waals surface area contributed by atoms with Gasteiger partial charge in [-0.1, -0.05) is 34.8 Å². The van der Waals surface area contributed by atoms with Crippen molar-refractivity contribution in [2.45, 2.75) is 38.9 Å². The van der Waals surface area contributed by atoms with Crippen LogP contribution in [0.4, 0.5) is 0 Å². The van der Waals surface area contributed by atoms with Crippen LogP contribution >= 0.6 is 59.0 Å². The minimum Gasteiger partial charge on any atom is -0.310 e. The Morgan fingerprint density at radius 3 is 1.96 bits per heavy atom. The number of halogens is 4. The maximum absolute atomic E-state index is 11.6. The number of aryl methyl sites for hydroxylation is 2. The van der Waals surface area contributed by atoms with E-state index in [9.17, 15) is 9.59 Å². The van der Waals surface area contributed by atoms with Crippen LogP contribution in [0.3, 0.4) is 0 Å². The highest BCUT2D eigenvalue weighted by atomic mass is 35.5. The Hall–Kier alpha value is -1.06. The molecule has 26 heavy (non-hydrogen) atoms. The molecule has 0 saturated carbocycles. The molecular formula is C14H17Cl4N5O2S. The number of hydrogen-bond donors (Lipinski definition) is 1. The summed E-state index contributed by atoms with van der Waals surface area (Å²) in [6.07, 6.45) is 2.95. The van der Waals surface area contributed by atoms with Gasteiger partial charge in [0.2, 0.25) is 0 Å². The molecule has 12 heteroatoms. The minimum absolute atomic E-state index is 0. The molecule has 1 N–H and O–H groups in total. The molecule has 2 aromatic heterocycles. The van der Waals surface area contributed by atoms with Crippen molar-refractivity contribution in [2.75, 3.05) is 0 Å². The molecular weight excluding hydrogens is 444 g/mol. The van der Waals surface area contributed by atoms with Gasteiger partial charge in [0.05, 0.1) is 5.04 Å². The second-order valence-electron chi connectivity index (χ2n) is 4.56. The summed E-state index contributed by atoms with van der Waals surface area (Å²) < 4.78 is 2.87. The van der Waals surface area contributed by atoms with E-state index < -0.39 is 0 Å². The zero-order chi connectivity index (χ0) is 19.1. The van der Waals surface area contributed by atoms with Gasteiger partial charge in [0, 0.05) is 25.5 Å². The second-order valence-corrected chi connectivity index (χ2v) is 6.90. The minimum atomic E-state index is -0.307. The summed E-state index contributed by atoms with van der Waals surface area (Å²) in [5.41, 5.74) is -0.507. The maximum atomic E-state index is 11.6. The molecule has 144 valence electrons. The van der Waals surface area contributed by atoms with Crippen LogP contribution in [0.5, 0.6) is 0 Å². The Labute approximate surface area is 175 Å². The summed E-state index contributed by atoms with van der Waals surface area (Å²) >= 11 is 17.8. The third-order valence-corrected chi connectivity index (χ3v) is 4.13. The van der Waals surface area contributed by atoms with E-state index >= 15 is 0 Å². The van der Waals surface area contributed by atoms with Crippen molar-refractivity contribution in [1.29, 1.82) is 5.41 Å². The molecule has 0 saturated heterocycles. The Morgan fingerprint density at radius 2 is 1.50 bits per heavy atom. The molecule has 0 radical (unpaired) electrons. The zero-order valence-electron chi connectivity index (χ0n) is 14.1. The Kier molecular flexibility index (Phi) is 11.1. The molecule has 0 aliphatic rings. The van der Waals surface area contributed by atoms with Crippen molar-refractivity contribution in [3.05, 3.63) is 48.6 Å². The van der Waals surface area contributed by atoms with Crippen LogP contribution in [0.1, 0.15) is 20.8 Å². The molecule has 2 rings (SSSR count). The number of nitrogens with zero attached hydrogens (tertiary/aromatic N) is 4. The number of hydrogen-bond acceptors (Lipinski definition) is 6. The maximum Gasteiger partial charge on any atom is 0.288 e. The van der Waals surface area contributed by atoms with E-state index in [-0.39, 0.29) is 44.0 Å². The monoisotopic (exact) mass is 459 g/mol. The van der Waals surface area contributed by atoms with Crippen LogP contribution in [-0.2, 0) is 13.1 Å². The zero-order valence-corrected chi connectivity index (χ0v) is 18.0. The van der Waals surface area contributed by atoms with Gasteiger partial charge < -0.3 is 9.13 Å². The van der Waals surface area contributed by atoms with Gasteiger partial charge in [-0.3, -0.25) is 15.0 Å². The Bertz CT molecular complexity index is 885. The topological polar surface area (TPSA) is 93.6 Å². The van der Waals surface area contributed by atoms with E-state index in [1.807, 2.05) is 13.8 Å². The molecule has 0 unspecified atom stereocenters. The number of aromatic nitrogens is 4. The first-order chi connectivity index (χ1) is 11.7. The Morgan fingerprint density at radius 1 is 1.04 bits per heavy atom. The van der Waals surface area contributed by atoms with Gasteiger partial charge in [0.15, 0.2) is 10.2 Å². The second kappa shape index (κ2) is 11.6. The lowest BCUT2D eigenvalue weighted by molar-refractivity contribution is 0.693. The largest absolute Gasteiger partial charge is 0.310 e. The summed E-state index contributed by atoms with van der Waals surface area (Å²) in [5, 5.41) is 8.26. The van der Waals surface area contributed by atoms with Gasteiger partial charge >= 0.3 is 0 Å². The van der Waals surface area contributed by atoms with Gasteiger partial charge in [-0.2, -0.15) is 0 Å². The smallest absolute Gasteiger partial charge is 0.288 e. The molecule has 0 aliphatic carbocycles. The van der Waals surface area contributed by atoms with Gasteiger partial charge in [-0.25, -0.2) is 9.97 Å². The summed E-state index contributed by atoms with van der Waals surface area (Å²) in [4.78, 5) is 30.1. The molecule has 0 fully saturated rings. The fourth-order valence-corrected chi connectivity index (χ4v) is 2.98. The molecule has 2 heterocycles. The number of thioether (sulfide) groups is 1. The van der Waals surface area contributed by atoms with Crippen molar-refractivity contribution in [3.8, 4) is 0 Å². The van der Waals surface area contributed by atoms with Crippen LogP contribution < -0.4 is 11.1 Å². The van der Waals surface area contributed by atoms with E-state index in [2.05, 4.69) is 9.97 Å². The predicted octanol–water partition coefficient (Wildman–Crippen LogP) is 4.00. The quantitative estimate of drug-likeness (QED) is 0.424. The highest BCUT2D eigenvalue weighted by molar-refractivity contribution is 8.13. The van der Waals surface area contributed by atoms with Crippen molar-refractivity contribution >= 4 is 64.0 Å². The number of nitrogens with one attached hydrogen (secondary N) is 1. The fraction of sp³-hybridized carbons (Fsp3) is 0.357. The lowest BCUT2D eigenvalue weighted by Gasteiger charge is -2.04. The van der Waals surface area contributed by atoms with Crippen molar-refractivity contribution in [3.63, 3.8) is 0 Å². The molecule has 0 spiro atoms. The normalized spacial score (nSPS) is 9.77. The highest BCUT2D eigenvalue weighted by Crippen LogP contribution is 2.14. The molecule has 0 atom stereocenters. The van der Waals surface area contributed by atoms with Gasteiger partial charge in [0.25, 0.3) is 11.1 Å². The van der Waals surface area contributed by atoms with Crippen molar-refractivity contribution in [2.24, 2.45) is 0 Å². The molecule has 0 aromatic carbocycles. The van der Waals surface area contributed by atoms with Gasteiger partial charge in [-0.15, -0.1) is 12.4 Å². The van der Waals surface area contributed by atoms with Crippen LogP contribution in [0, 0.1) is 5.41 Å². The van der Waals surface area contributed by atoms with E-state index in [4.69, 9.17) is 40.2 Å². The van der Waals surface area contributed by atoms with Crippen LogP contribution in [0.25, 0.3) is 0 Å². The first kappa shape index (κ1) is 24.9. The molecule has 7 nitrogen and oxygen atoms in total. The van der Waals surface area contributed by atoms with Gasteiger partial charge in [-0.05, 0) is 32.5 Å². The SMILES string of the molecule is CCn1cc(Cl)nc(Cl)c1=O.CCn1cc(Cl)nc(SC(C)=N)c1=O.Cl. The predicted molar refractivity (Wildman–Crippen MR) is 110 cm³/mol. The molecule has 0 aliphatic heterocycles. The van der Waals surface area contributed by atoms with Crippen LogP contribution in [-0.4, -0.2) is 24.1 Å². The van der Waals surface area contributed by atoms with Crippen molar-refractivity contribution < 1.29 is 0 Å². The number of rotatable bonds is 3. The van der Waals surface area contributed by atoms with E-state index in [1.165, 1.54) is 21.5 Å². The first-order valence-electron chi connectivity index (χ1n) is 7.12. The standard InChI is InChI=1S/C8H10ClN3OS.C6H6Cl2N2O.ClH/c1-3-12-4-6(9)11-7(8(12)13)14-5(2)10;1-2-10-3-4(7)9-5(8)6(10)11;/h4,10H,3H2,1-2H3;3H,2H2,1H3;1H. The third kappa shape index (κ3) is 7.28. The lowest BCUT2D eigenvalue weighted by atomic mass is 10.6. The summed E-state index contributed by atoms with van der Waals surface area (Å²) in [6.45, 7) is 6.37. The first-order valence-corrected chi connectivity index (χ1v) is 9.07. The van der Waals surface area contributed by atoms with Crippen LogP contribution in [0.15, 0.2) is 27.0 Å². The average Bonchev–Trinajstić information content (AvgIpc) is 2.54. The lowest BCUT2D eigenvalue weighted by Crippen LogP contribution is -2.21. The molecule has 0 bridgehead atoms. The van der Waals surface area contributed by atoms with E-state index in [0.29, 0.717) is 18.1 Å². The average molecular weight is 461 g/mol. The van der Waals surface area contributed by atoms with Crippen LogP contribution in [0.2, 0.25) is 15.5 Å².